The lowest BCUT2D eigenvalue weighted by atomic mass is 10.2. The molecule has 4 nitrogen and oxygen atoms in total. The van der Waals surface area contributed by atoms with Crippen LogP contribution in [0.15, 0.2) is 16.9 Å². The van der Waals surface area contributed by atoms with Crippen LogP contribution in [-0.2, 0) is 0 Å². The number of aromatic nitrogens is 1. The van der Waals surface area contributed by atoms with Gasteiger partial charge in [-0.1, -0.05) is 33.9 Å². The number of rotatable bonds is 4. The maximum absolute atomic E-state index is 12.2. The molecule has 2 rings (SSSR count). The zero-order valence-electron chi connectivity index (χ0n) is 9.06. The highest BCUT2D eigenvalue weighted by atomic mass is 79.9. The fourth-order valence-corrected chi connectivity index (χ4v) is 2.61. The summed E-state index contributed by atoms with van der Waals surface area (Å²) < 4.78 is 4.72. The maximum atomic E-state index is 12.2. The number of amides is 1. The minimum atomic E-state index is -0.0138. The molecule has 0 unspecified atom stereocenters. The summed E-state index contributed by atoms with van der Waals surface area (Å²) in [5.74, 6) is -0.0138. The molecule has 1 aromatic heterocycles. The average Bonchev–Trinajstić information content (AvgIpc) is 2.96. The second-order valence-electron chi connectivity index (χ2n) is 4.01. The van der Waals surface area contributed by atoms with Crippen LogP contribution in [0.1, 0.15) is 36.2 Å². The van der Waals surface area contributed by atoms with Gasteiger partial charge in [-0.05, 0) is 12.8 Å². The summed E-state index contributed by atoms with van der Waals surface area (Å²) in [6, 6.07) is 2.00. The fourth-order valence-electron chi connectivity index (χ4n) is 2.23. The molecule has 1 saturated carbocycles. The maximum Gasteiger partial charge on any atom is 0.276 e. The van der Waals surface area contributed by atoms with Crippen LogP contribution in [0, 0.1) is 0 Å². The Morgan fingerprint density at radius 3 is 2.88 bits per heavy atom. The zero-order chi connectivity index (χ0) is 11.4. The average molecular weight is 287 g/mol. The van der Waals surface area contributed by atoms with Gasteiger partial charge >= 0.3 is 0 Å². The van der Waals surface area contributed by atoms with Crippen LogP contribution in [-0.4, -0.2) is 33.9 Å². The molecule has 0 aromatic carbocycles. The smallest absolute Gasteiger partial charge is 0.276 e. The molecule has 16 heavy (non-hydrogen) atoms. The van der Waals surface area contributed by atoms with Crippen LogP contribution in [0.2, 0.25) is 0 Å². The van der Waals surface area contributed by atoms with E-state index in [1.165, 1.54) is 19.1 Å². The second-order valence-corrected chi connectivity index (χ2v) is 4.80. The monoisotopic (exact) mass is 286 g/mol. The van der Waals surface area contributed by atoms with Crippen molar-refractivity contribution in [1.29, 1.82) is 0 Å². The van der Waals surface area contributed by atoms with Crippen molar-refractivity contribution in [3.8, 4) is 0 Å². The van der Waals surface area contributed by atoms with Gasteiger partial charge < -0.3 is 9.42 Å². The van der Waals surface area contributed by atoms with Crippen molar-refractivity contribution in [2.45, 2.75) is 31.7 Å². The summed E-state index contributed by atoms with van der Waals surface area (Å²) in [6.07, 6.45) is 6.09. The first-order chi connectivity index (χ1) is 7.83. The molecular weight excluding hydrogens is 272 g/mol. The standard InChI is InChI=1S/C11H15BrN2O2/c12-6-7-14(9-3-1-2-4-9)11(15)10-5-8-16-13-10/h5,8-9H,1-4,6-7H2. The van der Waals surface area contributed by atoms with Crippen LogP contribution in [0.5, 0.6) is 0 Å². The van der Waals surface area contributed by atoms with Gasteiger partial charge in [-0.2, -0.15) is 0 Å². The number of nitrogens with zero attached hydrogens (tertiary/aromatic N) is 2. The van der Waals surface area contributed by atoms with Crippen molar-refractivity contribution in [2.24, 2.45) is 0 Å². The third-order valence-corrected chi connectivity index (χ3v) is 3.36. The van der Waals surface area contributed by atoms with Gasteiger partial charge in [0.15, 0.2) is 5.69 Å². The largest absolute Gasteiger partial charge is 0.364 e. The summed E-state index contributed by atoms with van der Waals surface area (Å²) in [7, 11) is 0. The Bertz CT molecular complexity index is 334. The van der Waals surface area contributed by atoms with Crippen molar-refractivity contribution in [2.75, 3.05) is 11.9 Å². The first-order valence-electron chi connectivity index (χ1n) is 5.60. The van der Waals surface area contributed by atoms with E-state index in [0.717, 1.165) is 24.7 Å². The Morgan fingerprint density at radius 2 is 2.31 bits per heavy atom. The molecule has 0 spiro atoms. The zero-order valence-corrected chi connectivity index (χ0v) is 10.6. The molecule has 0 radical (unpaired) electrons. The molecule has 0 N–H and O–H groups in total. The Kier molecular flexibility index (Phi) is 3.98. The van der Waals surface area contributed by atoms with Gasteiger partial charge in [-0.15, -0.1) is 0 Å². The topological polar surface area (TPSA) is 46.3 Å². The Morgan fingerprint density at radius 1 is 1.56 bits per heavy atom. The first kappa shape index (κ1) is 11.6. The van der Waals surface area contributed by atoms with E-state index in [0.29, 0.717) is 11.7 Å². The van der Waals surface area contributed by atoms with Crippen LogP contribution in [0.3, 0.4) is 0 Å². The minimum Gasteiger partial charge on any atom is -0.364 e. The molecule has 5 heteroatoms. The quantitative estimate of drug-likeness (QED) is 0.799. The van der Waals surface area contributed by atoms with Crippen molar-refractivity contribution in [1.82, 2.24) is 10.1 Å². The van der Waals surface area contributed by atoms with E-state index >= 15 is 0 Å². The van der Waals surface area contributed by atoms with Crippen LogP contribution in [0.25, 0.3) is 0 Å². The van der Waals surface area contributed by atoms with Crippen molar-refractivity contribution in [3.63, 3.8) is 0 Å². The summed E-state index contributed by atoms with van der Waals surface area (Å²) in [5.41, 5.74) is 0.410. The molecule has 0 aliphatic heterocycles. The summed E-state index contributed by atoms with van der Waals surface area (Å²) in [6.45, 7) is 0.732. The van der Waals surface area contributed by atoms with E-state index in [-0.39, 0.29) is 5.91 Å². The van der Waals surface area contributed by atoms with Gasteiger partial charge in [0.1, 0.15) is 6.26 Å². The number of hydrogen-bond acceptors (Lipinski definition) is 3. The van der Waals surface area contributed by atoms with Gasteiger partial charge in [-0.3, -0.25) is 4.79 Å². The van der Waals surface area contributed by atoms with Gasteiger partial charge in [-0.25, -0.2) is 0 Å². The van der Waals surface area contributed by atoms with Gasteiger partial charge in [0, 0.05) is 24.0 Å². The highest BCUT2D eigenvalue weighted by Gasteiger charge is 2.27. The number of alkyl halides is 1. The Hall–Kier alpha value is -0.840. The molecule has 1 fully saturated rings. The van der Waals surface area contributed by atoms with E-state index in [4.69, 9.17) is 4.52 Å². The highest BCUT2D eigenvalue weighted by Crippen LogP contribution is 2.24. The molecule has 0 atom stereocenters. The summed E-state index contributed by atoms with van der Waals surface area (Å²) in [5, 5.41) is 4.51. The number of carbonyl (C=O) groups is 1. The SMILES string of the molecule is O=C(c1ccon1)N(CCBr)C1CCCC1. The number of hydrogen-bond donors (Lipinski definition) is 0. The molecule has 1 aliphatic carbocycles. The Balaban J connectivity index is 2.09. The molecule has 1 amide bonds. The van der Waals surface area contributed by atoms with Crippen molar-refractivity contribution < 1.29 is 9.32 Å². The van der Waals surface area contributed by atoms with Crippen LogP contribution in [0.4, 0.5) is 0 Å². The third kappa shape index (κ3) is 2.45. The summed E-state index contributed by atoms with van der Waals surface area (Å²) >= 11 is 3.39. The van der Waals surface area contributed by atoms with E-state index < -0.39 is 0 Å². The van der Waals surface area contributed by atoms with Gasteiger partial charge in [0.05, 0.1) is 0 Å². The minimum absolute atomic E-state index is 0.0138. The molecule has 0 bridgehead atoms. The predicted octanol–water partition coefficient (Wildman–Crippen LogP) is 2.45. The second kappa shape index (κ2) is 5.48. The van der Waals surface area contributed by atoms with Crippen molar-refractivity contribution >= 4 is 21.8 Å². The molecule has 1 aromatic rings. The van der Waals surface area contributed by atoms with Crippen LogP contribution < -0.4 is 0 Å². The van der Waals surface area contributed by atoms with E-state index in [1.807, 2.05) is 4.90 Å². The lowest BCUT2D eigenvalue weighted by Crippen LogP contribution is -2.40. The van der Waals surface area contributed by atoms with Gasteiger partial charge in [0.2, 0.25) is 0 Å². The van der Waals surface area contributed by atoms with E-state index in [1.54, 1.807) is 6.07 Å². The van der Waals surface area contributed by atoms with Gasteiger partial charge in [0.25, 0.3) is 5.91 Å². The lowest BCUT2D eigenvalue weighted by Gasteiger charge is -2.27. The number of halogens is 1. The molecule has 1 aliphatic rings. The molecule has 88 valence electrons. The normalized spacial score (nSPS) is 16.6. The molecular formula is C11H15BrN2O2. The van der Waals surface area contributed by atoms with Crippen molar-refractivity contribution in [3.05, 3.63) is 18.0 Å². The Labute approximate surface area is 103 Å². The highest BCUT2D eigenvalue weighted by molar-refractivity contribution is 9.09. The van der Waals surface area contributed by atoms with E-state index in [2.05, 4.69) is 21.1 Å². The third-order valence-electron chi connectivity index (χ3n) is 3.01. The van der Waals surface area contributed by atoms with Crippen LogP contribution >= 0.6 is 15.9 Å². The first-order valence-corrected chi connectivity index (χ1v) is 6.72. The molecule has 1 heterocycles. The predicted molar refractivity (Wildman–Crippen MR) is 63.6 cm³/mol. The summed E-state index contributed by atoms with van der Waals surface area (Å²) in [4.78, 5) is 14.1. The number of carbonyl (C=O) groups excluding carboxylic acids is 1. The van der Waals surface area contributed by atoms with E-state index in [9.17, 15) is 4.79 Å². The lowest BCUT2D eigenvalue weighted by molar-refractivity contribution is 0.0685. The molecule has 0 saturated heterocycles. The fraction of sp³-hybridized carbons (Fsp3) is 0.636.